The lowest BCUT2D eigenvalue weighted by Gasteiger charge is -2.18. The highest BCUT2D eigenvalue weighted by Gasteiger charge is 2.25. The number of carbonyl (C=O) groups excluding carboxylic acids is 1. The molecule has 2 heterocycles. The average molecular weight is 260 g/mol. The maximum Gasteiger partial charge on any atom is 0.231 e. The smallest absolute Gasteiger partial charge is 0.231 e. The van der Waals surface area contributed by atoms with Gasteiger partial charge in [-0.25, -0.2) is 0 Å². The molecule has 0 aliphatic carbocycles. The Kier molecular flexibility index (Phi) is 3.29. The molecule has 2 atom stereocenters. The lowest BCUT2D eigenvalue weighted by Crippen LogP contribution is -2.20. The van der Waals surface area contributed by atoms with Crippen LogP contribution in [0.25, 0.3) is 0 Å². The van der Waals surface area contributed by atoms with Crippen LogP contribution >= 0.6 is 0 Å². The summed E-state index contributed by atoms with van der Waals surface area (Å²) in [5.41, 5.74) is 9.47. The minimum absolute atomic E-state index is 0.00518. The molecule has 102 valence electrons. The van der Waals surface area contributed by atoms with Gasteiger partial charge >= 0.3 is 0 Å². The van der Waals surface area contributed by atoms with Crippen LogP contribution in [0.4, 0.5) is 5.69 Å². The maximum absolute atomic E-state index is 11.7. The Bertz CT molecular complexity index is 495. The Morgan fingerprint density at radius 1 is 1.53 bits per heavy atom. The van der Waals surface area contributed by atoms with Crippen LogP contribution in [0.3, 0.4) is 0 Å². The van der Waals surface area contributed by atoms with Gasteiger partial charge in [0.1, 0.15) is 0 Å². The van der Waals surface area contributed by atoms with Crippen molar-refractivity contribution in [1.29, 1.82) is 0 Å². The molecule has 0 spiro atoms. The molecule has 0 bridgehead atoms. The molecule has 1 aromatic rings. The molecular weight excluding hydrogens is 240 g/mol. The van der Waals surface area contributed by atoms with E-state index >= 15 is 0 Å². The first-order valence-corrected chi connectivity index (χ1v) is 6.91. The van der Waals surface area contributed by atoms with Crippen molar-refractivity contribution < 1.29 is 9.53 Å². The molecule has 1 saturated heterocycles. The van der Waals surface area contributed by atoms with E-state index in [0.29, 0.717) is 12.5 Å². The summed E-state index contributed by atoms with van der Waals surface area (Å²) in [5, 5.41) is 0. The van der Waals surface area contributed by atoms with Gasteiger partial charge in [-0.3, -0.25) is 4.79 Å². The molecule has 1 fully saturated rings. The molecule has 2 unspecified atom stereocenters. The molecule has 19 heavy (non-hydrogen) atoms. The number of carbonyl (C=O) groups is 1. The Hall–Kier alpha value is -1.39. The molecular formula is C15H20N2O2. The summed E-state index contributed by atoms with van der Waals surface area (Å²) in [5.74, 6) is 0.153. The number of fused-ring (bicyclic) bond motifs is 1. The minimum atomic E-state index is -0.00518. The molecule has 0 saturated carbocycles. The fraction of sp³-hybridized carbons (Fsp3) is 0.533. The number of nitrogens with two attached hydrogens (primary N) is 1. The van der Waals surface area contributed by atoms with Gasteiger partial charge in [-0.1, -0.05) is 12.1 Å². The summed E-state index contributed by atoms with van der Waals surface area (Å²) in [7, 11) is 1.82. The van der Waals surface area contributed by atoms with E-state index in [0.717, 1.165) is 42.7 Å². The molecule has 2 aliphatic heterocycles. The first-order valence-electron chi connectivity index (χ1n) is 6.91. The zero-order valence-corrected chi connectivity index (χ0v) is 11.3. The largest absolute Gasteiger partial charge is 0.378 e. The van der Waals surface area contributed by atoms with E-state index in [9.17, 15) is 4.79 Å². The van der Waals surface area contributed by atoms with Crippen LogP contribution in [0.5, 0.6) is 0 Å². The monoisotopic (exact) mass is 260 g/mol. The number of rotatable bonds is 3. The number of hydrogen-bond donors (Lipinski definition) is 1. The van der Waals surface area contributed by atoms with E-state index in [-0.39, 0.29) is 11.9 Å². The first-order chi connectivity index (χ1) is 9.15. The predicted molar refractivity (Wildman–Crippen MR) is 74.1 cm³/mol. The molecule has 1 amide bonds. The normalized spacial score (nSPS) is 23.8. The molecule has 4 nitrogen and oxygen atoms in total. The summed E-state index contributed by atoms with van der Waals surface area (Å²) < 4.78 is 5.63. The van der Waals surface area contributed by atoms with Crippen LogP contribution in [0.15, 0.2) is 18.2 Å². The fourth-order valence-electron chi connectivity index (χ4n) is 2.97. The molecule has 1 aromatic carbocycles. The molecule has 2 N–H and O–H groups in total. The Morgan fingerprint density at radius 2 is 2.37 bits per heavy atom. The Labute approximate surface area is 113 Å². The van der Waals surface area contributed by atoms with Gasteiger partial charge in [0.15, 0.2) is 0 Å². The van der Waals surface area contributed by atoms with Crippen molar-refractivity contribution in [1.82, 2.24) is 0 Å². The fourth-order valence-corrected chi connectivity index (χ4v) is 2.97. The minimum Gasteiger partial charge on any atom is -0.378 e. The van der Waals surface area contributed by atoms with Crippen LogP contribution < -0.4 is 10.6 Å². The van der Waals surface area contributed by atoms with Crippen LogP contribution in [0, 0.1) is 0 Å². The van der Waals surface area contributed by atoms with E-state index in [1.165, 1.54) is 0 Å². The van der Waals surface area contributed by atoms with Crippen molar-refractivity contribution in [3.05, 3.63) is 29.3 Å². The molecule has 2 aliphatic rings. The third-order valence-corrected chi connectivity index (χ3v) is 4.15. The Balaban J connectivity index is 1.75. The SMILES string of the molecule is CN1C(=O)Cc2cc(C(N)CC3CCCO3)ccc21. The van der Waals surface area contributed by atoms with E-state index in [1.54, 1.807) is 4.90 Å². The van der Waals surface area contributed by atoms with Crippen molar-refractivity contribution in [2.75, 3.05) is 18.6 Å². The number of anilines is 1. The van der Waals surface area contributed by atoms with Crippen molar-refractivity contribution in [3.8, 4) is 0 Å². The highest BCUT2D eigenvalue weighted by atomic mass is 16.5. The molecule has 0 aromatic heterocycles. The number of benzene rings is 1. The van der Waals surface area contributed by atoms with Crippen LogP contribution in [0.1, 0.15) is 36.4 Å². The number of hydrogen-bond acceptors (Lipinski definition) is 3. The van der Waals surface area contributed by atoms with Crippen molar-refractivity contribution in [3.63, 3.8) is 0 Å². The van der Waals surface area contributed by atoms with Gasteiger partial charge in [0, 0.05) is 25.4 Å². The topological polar surface area (TPSA) is 55.6 Å². The van der Waals surface area contributed by atoms with E-state index in [4.69, 9.17) is 10.5 Å². The van der Waals surface area contributed by atoms with Crippen molar-refractivity contribution >= 4 is 11.6 Å². The van der Waals surface area contributed by atoms with Gasteiger partial charge < -0.3 is 15.4 Å². The molecule has 4 heteroatoms. The second-order valence-electron chi connectivity index (χ2n) is 5.49. The summed E-state index contributed by atoms with van der Waals surface area (Å²) >= 11 is 0. The lowest BCUT2D eigenvalue weighted by molar-refractivity contribution is -0.117. The zero-order valence-electron chi connectivity index (χ0n) is 11.3. The first kappa shape index (κ1) is 12.6. The number of nitrogens with zero attached hydrogens (tertiary/aromatic N) is 1. The number of likely N-dealkylation sites (N-methyl/N-ethyl adjacent to an activating group) is 1. The highest BCUT2D eigenvalue weighted by molar-refractivity contribution is 6.00. The van der Waals surface area contributed by atoms with Crippen LogP contribution in [-0.2, 0) is 16.0 Å². The third kappa shape index (κ3) is 2.38. The van der Waals surface area contributed by atoms with Crippen LogP contribution in [-0.4, -0.2) is 25.7 Å². The second-order valence-corrected chi connectivity index (χ2v) is 5.49. The van der Waals surface area contributed by atoms with Crippen molar-refractivity contribution in [2.24, 2.45) is 5.73 Å². The highest BCUT2D eigenvalue weighted by Crippen LogP contribution is 2.31. The van der Waals surface area contributed by atoms with E-state index in [2.05, 4.69) is 6.07 Å². The van der Waals surface area contributed by atoms with Gasteiger partial charge in [0.05, 0.1) is 12.5 Å². The van der Waals surface area contributed by atoms with Crippen LogP contribution in [0.2, 0.25) is 0 Å². The predicted octanol–water partition coefficient (Wildman–Crippen LogP) is 1.77. The second kappa shape index (κ2) is 4.94. The van der Waals surface area contributed by atoms with Gasteiger partial charge in [-0.05, 0) is 36.5 Å². The van der Waals surface area contributed by atoms with Gasteiger partial charge in [-0.15, -0.1) is 0 Å². The van der Waals surface area contributed by atoms with Gasteiger partial charge in [0.25, 0.3) is 0 Å². The standard InChI is InChI=1S/C15H20N2O2/c1-17-14-5-4-10(7-11(14)8-15(17)18)13(16)9-12-3-2-6-19-12/h4-5,7,12-13H,2-3,6,8-9,16H2,1H3. The number of amides is 1. The quantitative estimate of drug-likeness (QED) is 0.901. The van der Waals surface area contributed by atoms with Gasteiger partial charge in [-0.2, -0.15) is 0 Å². The summed E-state index contributed by atoms with van der Waals surface area (Å²) in [6.07, 6.45) is 3.91. The van der Waals surface area contributed by atoms with Gasteiger partial charge in [0.2, 0.25) is 5.91 Å². The van der Waals surface area contributed by atoms with E-state index in [1.807, 2.05) is 19.2 Å². The van der Waals surface area contributed by atoms with Crippen molar-refractivity contribution in [2.45, 2.75) is 37.8 Å². The summed E-state index contributed by atoms with van der Waals surface area (Å²) in [6, 6.07) is 6.11. The lowest BCUT2D eigenvalue weighted by atomic mass is 9.97. The summed E-state index contributed by atoms with van der Waals surface area (Å²) in [6.45, 7) is 0.862. The zero-order chi connectivity index (χ0) is 13.4. The maximum atomic E-state index is 11.7. The summed E-state index contributed by atoms with van der Waals surface area (Å²) in [4.78, 5) is 13.4. The Morgan fingerprint density at radius 3 is 3.11 bits per heavy atom. The molecule has 3 rings (SSSR count). The number of ether oxygens (including phenoxy) is 1. The molecule has 0 radical (unpaired) electrons. The van der Waals surface area contributed by atoms with E-state index < -0.39 is 0 Å². The average Bonchev–Trinajstić information content (AvgIpc) is 2.99. The third-order valence-electron chi connectivity index (χ3n) is 4.15.